The first-order valence-electron chi connectivity index (χ1n) is 6.91. The molecule has 1 aromatic carbocycles. The minimum atomic E-state index is -2.93. The largest absolute Gasteiger partial charge is 0.306 e. The van der Waals surface area contributed by atoms with Crippen LogP contribution >= 0.6 is 0 Å². The van der Waals surface area contributed by atoms with Crippen molar-refractivity contribution in [3.05, 3.63) is 35.9 Å². The molecule has 19 heavy (non-hydrogen) atoms. The third-order valence-electron chi connectivity index (χ3n) is 3.09. The topological polar surface area (TPSA) is 46.2 Å². The zero-order chi connectivity index (χ0) is 14.3. The molecule has 0 saturated carbocycles. The Morgan fingerprint density at radius 1 is 1.21 bits per heavy atom. The Balaban J connectivity index is 2.70. The number of hydrogen-bond acceptors (Lipinski definition) is 3. The van der Waals surface area contributed by atoms with Crippen LogP contribution in [0.25, 0.3) is 0 Å². The molecule has 3 nitrogen and oxygen atoms in total. The molecular weight excluding hydrogens is 258 g/mol. The van der Waals surface area contributed by atoms with E-state index in [0.29, 0.717) is 0 Å². The third kappa shape index (κ3) is 6.73. The molecule has 0 fully saturated rings. The summed E-state index contributed by atoms with van der Waals surface area (Å²) >= 11 is 0. The maximum atomic E-state index is 11.3. The predicted octanol–water partition coefficient (Wildman–Crippen LogP) is 2.94. The van der Waals surface area contributed by atoms with Crippen molar-refractivity contribution in [1.29, 1.82) is 0 Å². The van der Waals surface area contributed by atoms with Gasteiger partial charge in [-0.3, -0.25) is 0 Å². The summed E-state index contributed by atoms with van der Waals surface area (Å²) < 4.78 is 22.7. The second-order valence-corrected chi connectivity index (χ2v) is 7.45. The SMILES string of the molecule is CCCCC(NC(C)CS(C)(=O)=O)c1ccccc1. The first-order valence-corrected chi connectivity index (χ1v) is 8.97. The lowest BCUT2D eigenvalue weighted by Gasteiger charge is -2.23. The first-order chi connectivity index (χ1) is 8.92. The molecule has 0 aromatic heterocycles. The zero-order valence-electron chi connectivity index (χ0n) is 12.1. The third-order valence-corrected chi connectivity index (χ3v) is 4.19. The summed E-state index contributed by atoms with van der Waals surface area (Å²) in [6, 6.07) is 10.4. The Morgan fingerprint density at radius 3 is 2.37 bits per heavy atom. The van der Waals surface area contributed by atoms with Gasteiger partial charge in [-0.25, -0.2) is 8.42 Å². The molecule has 0 bridgehead atoms. The number of hydrogen-bond donors (Lipinski definition) is 1. The minimum absolute atomic E-state index is 0.0305. The van der Waals surface area contributed by atoms with Crippen LogP contribution in [0.1, 0.15) is 44.7 Å². The fourth-order valence-electron chi connectivity index (χ4n) is 2.29. The number of unbranched alkanes of at least 4 members (excludes halogenated alkanes) is 1. The monoisotopic (exact) mass is 283 g/mol. The van der Waals surface area contributed by atoms with Crippen molar-refractivity contribution >= 4 is 9.84 Å². The average Bonchev–Trinajstić information content (AvgIpc) is 2.33. The van der Waals surface area contributed by atoms with Crippen LogP contribution in [0.4, 0.5) is 0 Å². The van der Waals surface area contributed by atoms with Gasteiger partial charge in [0.1, 0.15) is 9.84 Å². The van der Waals surface area contributed by atoms with E-state index in [9.17, 15) is 8.42 Å². The quantitative estimate of drug-likeness (QED) is 0.798. The normalized spacial score (nSPS) is 15.1. The second-order valence-electron chi connectivity index (χ2n) is 5.27. The molecule has 2 atom stereocenters. The Bertz CT molecular complexity index is 456. The number of nitrogens with one attached hydrogen (secondary N) is 1. The van der Waals surface area contributed by atoms with Crippen LogP contribution in [0, 0.1) is 0 Å². The summed E-state index contributed by atoms with van der Waals surface area (Å²) in [6.07, 6.45) is 4.60. The van der Waals surface area contributed by atoms with E-state index in [2.05, 4.69) is 24.4 Å². The molecule has 4 heteroatoms. The standard InChI is InChI=1S/C15H25NO2S/c1-4-5-11-15(14-9-7-6-8-10-14)16-13(2)12-19(3,17)18/h6-10,13,15-16H,4-5,11-12H2,1-3H3. The van der Waals surface area contributed by atoms with Crippen LogP contribution in [-0.2, 0) is 9.84 Å². The fraction of sp³-hybridized carbons (Fsp3) is 0.600. The summed E-state index contributed by atoms with van der Waals surface area (Å²) in [5.74, 6) is 0.183. The van der Waals surface area contributed by atoms with Gasteiger partial charge in [0, 0.05) is 18.3 Å². The van der Waals surface area contributed by atoms with Crippen LogP contribution in [0.3, 0.4) is 0 Å². The Kier molecular flexibility index (Phi) is 6.52. The summed E-state index contributed by atoms with van der Waals surface area (Å²) in [6.45, 7) is 4.10. The Hall–Kier alpha value is -0.870. The zero-order valence-corrected chi connectivity index (χ0v) is 12.9. The van der Waals surface area contributed by atoms with Gasteiger partial charge in [-0.2, -0.15) is 0 Å². The molecule has 0 amide bonds. The van der Waals surface area contributed by atoms with Crippen LogP contribution in [0.2, 0.25) is 0 Å². The van der Waals surface area contributed by atoms with Gasteiger partial charge in [-0.05, 0) is 18.9 Å². The van der Waals surface area contributed by atoms with Crippen LogP contribution in [-0.4, -0.2) is 26.5 Å². The maximum absolute atomic E-state index is 11.3. The smallest absolute Gasteiger partial charge is 0.148 e. The van der Waals surface area contributed by atoms with E-state index >= 15 is 0 Å². The van der Waals surface area contributed by atoms with Gasteiger partial charge in [0.25, 0.3) is 0 Å². The highest BCUT2D eigenvalue weighted by molar-refractivity contribution is 7.90. The Morgan fingerprint density at radius 2 is 1.84 bits per heavy atom. The predicted molar refractivity (Wildman–Crippen MR) is 81.0 cm³/mol. The van der Waals surface area contributed by atoms with Crippen molar-refractivity contribution in [3.8, 4) is 0 Å². The van der Waals surface area contributed by atoms with E-state index in [0.717, 1.165) is 19.3 Å². The average molecular weight is 283 g/mol. The molecule has 0 heterocycles. The van der Waals surface area contributed by atoms with Crippen LogP contribution in [0.5, 0.6) is 0 Å². The minimum Gasteiger partial charge on any atom is -0.306 e. The van der Waals surface area contributed by atoms with Crippen molar-refractivity contribution in [2.75, 3.05) is 12.0 Å². The van der Waals surface area contributed by atoms with E-state index in [-0.39, 0.29) is 17.8 Å². The molecule has 1 aromatic rings. The molecule has 1 rings (SSSR count). The molecule has 0 radical (unpaired) electrons. The number of benzene rings is 1. The summed E-state index contributed by atoms with van der Waals surface area (Å²) in [5.41, 5.74) is 1.23. The highest BCUT2D eigenvalue weighted by atomic mass is 32.2. The van der Waals surface area contributed by atoms with Gasteiger partial charge in [-0.15, -0.1) is 0 Å². The van der Waals surface area contributed by atoms with E-state index in [1.807, 2.05) is 25.1 Å². The summed E-state index contributed by atoms with van der Waals surface area (Å²) in [4.78, 5) is 0. The van der Waals surface area contributed by atoms with Crippen molar-refractivity contribution < 1.29 is 8.42 Å². The number of sulfone groups is 1. The molecule has 1 N–H and O–H groups in total. The van der Waals surface area contributed by atoms with Gasteiger partial charge < -0.3 is 5.32 Å². The first kappa shape index (κ1) is 16.2. The van der Waals surface area contributed by atoms with E-state index in [4.69, 9.17) is 0 Å². The molecule has 0 aliphatic rings. The summed E-state index contributed by atoms with van der Waals surface area (Å²) in [5, 5.41) is 3.45. The van der Waals surface area contributed by atoms with Crippen LogP contribution in [0.15, 0.2) is 30.3 Å². The van der Waals surface area contributed by atoms with Gasteiger partial charge in [0.05, 0.1) is 5.75 Å². The molecule has 108 valence electrons. The van der Waals surface area contributed by atoms with Gasteiger partial charge in [0.15, 0.2) is 0 Å². The van der Waals surface area contributed by atoms with Crippen molar-refractivity contribution in [1.82, 2.24) is 5.32 Å². The van der Waals surface area contributed by atoms with E-state index in [1.54, 1.807) is 0 Å². The number of rotatable bonds is 8. The maximum Gasteiger partial charge on any atom is 0.148 e. The molecule has 0 aliphatic heterocycles. The van der Waals surface area contributed by atoms with Crippen molar-refractivity contribution in [2.24, 2.45) is 0 Å². The lowest BCUT2D eigenvalue weighted by Crippen LogP contribution is -2.35. The summed E-state index contributed by atoms with van der Waals surface area (Å²) in [7, 11) is -2.93. The second kappa shape index (κ2) is 7.65. The molecule has 0 spiro atoms. The lowest BCUT2D eigenvalue weighted by molar-refractivity contribution is 0.439. The highest BCUT2D eigenvalue weighted by Crippen LogP contribution is 2.20. The molecule has 2 unspecified atom stereocenters. The van der Waals surface area contributed by atoms with E-state index in [1.165, 1.54) is 11.8 Å². The van der Waals surface area contributed by atoms with Gasteiger partial charge >= 0.3 is 0 Å². The molecule has 0 saturated heterocycles. The fourth-order valence-corrected chi connectivity index (χ4v) is 3.29. The highest BCUT2D eigenvalue weighted by Gasteiger charge is 2.16. The van der Waals surface area contributed by atoms with E-state index < -0.39 is 9.84 Å². The van der Waals surface area contributed by atoms with Crippen LogP contribution < -0.4 is 5.32 Å². The Labute approximate surface area is 117 Å². The van der Waals surface area contributed by atoms with Gasteiger partial charge in [-0.1, -0.05) is 50.1 Å². The molecular formula is C15H25NO2S. The van der Waals surface area contributed by atoms with Crippen molar-refractivity contribution in [3.63, 3.8) is 0 Å². The van der Waals surface area contributed by atoms with Gasteiger partial charge in [0.2, 0.25) is 0 Å². The molecule has 0 aliphatic carbocycles. The lowest BCUT2D eigenvalue weighted by atomic mass is 10.0. The van der Waals surface area contributed by atoms with Crippen molar-refractivity contribution in [2.45, 2.75) is 45.2 Å².